The first-order valence-corrected chi connectivity index (χ1v) is 4.96. The minimum atomic E-state index is 0.151. The molecule has 0 fully saturated rings. The SMILES string of the molecule is COCCc1ccc(O)c(SC#N)c1. The van der Waals surface area contributed by atoms with E-state index in [0.29, 0.717) is 11.5 Å². The fraction of sp³-hybridized carbons (Fsp3) is 0.300. The summed E-state index contributed by atoms with van der Waals surface area (Å²) in [6, 6.07) is 5.24. The maximum absolute atomic E-state index is 9.39. The molecule has 1 aromatic carbocycles. The number of ether oxygens (including phenoxy) is 1. The van der Waals surface area contributed by atoms with E-state index in [1.165, 1.54) is 0 Å². The van der Waals surface area contributed by atoms with Crippen molar-refractivity contribution in [2.75, 3.05) is 13.7 Å². The summed E-state index contributed by atoms with van der Waals surface area (Å²) in [5, 5.41) is 19.8. The van der Waals surface area contributed by atoms with Gasteiger partial charge < -0.3 is 9.84 Å². The van der Waals surface area contributed by atoms with Crippen LogP contribution in [0, 0.1) is 10.7 Å². The zero-order valence-electron chi connectivity index (χ0n) is 7.86. The van der Waals surface area contributed by atoms with Crippen LogP contribution in [0.2, 0.25) is 0 Å². The van der Waals surface area contributed by atoms with Gasteiger partial charge in [-0.25, -0.2) is 0 Å². The quantitative estimate of drug-likeness (QED) is 0.610. The van der Waals surface area contributed by atoms with Crippen LogP contribution in [-0.2, 0) is 11.2 Å². The van der Waals surface area contributed by atoms with Crippen LogP contribution < -0.4 is 0 Å². The Morgan fingerprint density at radius 2 is 2.36 bits per heavy atom. The van der Waals surface area contributed by atoms with Crippen molar-refractivity contribution in [3.05, 3.63) is 23.8 Å². The number of thiocyanates is 1. The summed E-state index contributed by atoms with van der Waals surface area (Å²) in [5.41, 5.74) is 1.06. The van der Waals surface area contributed by atoms with Gasteiger partial charge in [-0.15, -0.1) is 0 Å². The molecule has 0 saturated carbocycles. The number of thioether (sulfide) groups is 1. The largest absolute Gasteiger partial charge is 0.507 e. The molecule has 1 N–H and O–H groups in total. The number of benzene rings is 1. The maximum Gasteiger partial charge on any atom is 0.138 e. The van der Waals surface area contributed by atoms with E-state index in [0.717, 1.165) is 23.7 Å². The Hall–Kier alpha value is -1.18. The van der Waals surface area contributed by atoms with E-state index in [1.54, 1.807) is 13.2 Å². The lowest BCUT2D eigenvalue weighted by Crippen LogP contribution is -1.94. The van der Waals surface area contributed by atoms with Crippen LogP contribution in [0.25, 0.3) is 0 Å². The van der Waals surface area contributed by atoms with Gasteiger partial charge in [0, 0.05) is 7.11 Å². The average Bonchev–Trinajstić information content (AvgIpc) is 2.19. The normalized spacial score (nSPS) is 9.71. The minimum Gasteiger partial charge on any atom is -0.507 e. The van der Waals surface area contributed by atoms with E-state index in [1.807, 2.05) is 17.5 Å². The van der Waals surface area contributed by atoms with Crippen LogP contribution in [0.4, 0.5) is 0 Å². The van der Waals surface area contributed by atoms with Crippen LogP contribution >= 0.6 is 11.8 Å². The van der Waals surface area contributed by atoms with Gasteiger partial charge in [0.25, 0.3) is 0 Å². The lowest BCUT2D eigenvalue weighted by molar-refractivity contribution is 0.202. The summed E-state index contributed by atoms with van der Waals surface area (Å²) in [4.78, 5) is 0.598. The highest BCUT2D eigenvalue weighted by molar-refractivity contribution is 8.03. The van der Waals surface area contributed by atoms with Crippen molar-refractivity contribution < 1.29 is 9.84 Å². The van der Waals surface area contributed by atoms with Crippen molar-refractivity contribution in [2.45, 2.75) is 11.3 Å². The molecule has 0 bridgehead atoms. The van der Waals surface area contributed by atoms with Crippen LogP contribution in [0.5, 0.6) is 5.75 Å². The number of methoxy groups -OCH3 is 1. The van der Waals surface area contributed by atoms with E-state index >= 15 is 0 Å². The van der Waals surface area contributed by atoms with Gasteiger partial charge >= 0.3 is 0 Å². The third kappa shape index (κ3) is 2.95. The highest BCUT2D eigenvalue weighted by Gasteiger charge is 2.02. The van der Waals surface area contributed by atoms with E-state index in [4.69, 9.17) is 10.00 Å². The van der Waals surface area contributed by atoms with Crippen LogP contribution in [0.15, 0.2) is 23.1 Å². The summed E-state index contributed by atoms with van der Waals surface area (Å²) in [6.07, 6.45) is 0.787. The number of nitriles is 1. The molecule has 4 heteroatoms. The van der Waals surface area contributed by atoms with Gasteiger partial charge in [-0.3, -0.25) is 0 Å². The summed E-state index contributed by atoms with van der Waals surface area (Å²) < 4.78 is 4.94. The van der Waals surface area contributed by atoms with Gasteiger partial charge in [-0.05, 0) is 35.9 Å². The Balaban J connectivity index is 2.79. The molecule has 0 aliphatic rings. The van der Waals surface area contributed by atoms with E-state index in [9.17, 15) is 5.11 Å². The van der Waals surface area contributed by atoms with Gasteiger partial charge in [-0.1, -0.05) is 6.07 Å². The van der Waals surface area contributed by atoms with Crippen molar-refractivity contribution in [3.63, 3.8) is 0 Å². The summed E-state index contributed by atoms with van der Waals surface area (Å²) in [5.74, 6) is 0.151. The van der Waals surface area contributed by atoms with Crippen molar-refractivity contribution in [2.24, 2.45) is 0 Å². The van der Waals surface area contributed by atoms with Crippen molar-refractivity contribution >= 4 is 11.8 Å². The molecule has 0 aliphatic carbocycles. The van der Waals surface area contributed by atoms with Crippen molar-refractivity contribution in [3.8, 4) is 11.2 Å². The molecule has 3 nitrogen and oxygen atoms in total. The van der Waals surface area contributed by atoms with E-state index in [-0.39, 0.29) is 5.75 Å². The average molecular weight is 209 g/mol. The van der Waals surface area contributed by atoms with Crippen molar-refractivity contribution in [1.82, 2.24) is 0 Å². The molecular formula is C10H11NO2S. The Morgan fingerprint density at radius 1 is 1.57 bits per heavy atom. The van der Waals surface area contributed by atoms with Gasteiger partial charge in [0.15, 0.2) is 0 Å². The Labute approximate surface area is 87.3 Å². The monoisotopic (exact) mass is 209 g/mol. The molecule has 0 spiro atoms. The summed E-state index contributed by atoms with van der Waals surface area (Å²) >= 11 is 0.964. The predicted molar refractivity (Wildman–Crippen MR) is 55.2 cm³/mol. The molecule has 0 radical (unpaired) electrons. The number of phenols is 1. The molecule has 0 atom stereocenters. The van der Waals surface area contributed by atoms with Gasteiger partial charge in [0.2, 0.25) is 0 Å². The first-order chi connectivity index (χ1) is 6.77. The van der Waals surface area contributed by atoms with E-state index in [2.05, 4.69) is 0 Å². The molecule has 0 aliphatic heterocycles. The Morgan fingerprint density at radius 3 is 3.00 bits per heavy atom. The summed E-state index contributed by atoms with van der Waals surface area (Å²) in [6.45, 7) is 0.640. The molecule has 0 heterocycles. The fourth-order valence-corrected chi connectivity index (χ4v) is 1.55. The van der Waals surface area contributed by atoms with Gasteiger partial charge in [0.05, 0.1) is 11.5 Å². The molecular weight excluding hydrogens is 198 g/mol. The van der Waals surface area contributed by atoms with Crippen molar-refractivity contribution in [1.29, 1.82) is 5.26 Å². The number of aromatic hydroxyl groups is 1. The summed E-state index contributed by atoms with van der Waals surface area (Å²) in [7, 11) is 1.64. The Bertz CT molecular complexity index is 346. The molecule has 0 saturated heterocycles. The molecule has 0 amide bonds. The first-order valence-electron chi connectivity index (χ1n) is 4.14. The number of hydrogen-bond acceptors (Lipinski definition) is 4. The van der Waals surface area contributed by atoms with E-state index < -0.39 is 0 Å². The van der Waals surface area contributed by atoms with Crippen LogP contribution in [-0.4, -0.2) is 18.8 Å². The maximum atomic E-state index is 9.39. The highest BCUT2D eigenvalue weighted by atomic mass is 32.2. The number of phenolic OH excluding ortho intramolecular Hbond substituents is 1. The zero-order chi connectivity index (χ0) is 10.4. The molecule has 1 rings (SSSR count). The second-order valence-electron chi connectivity index (χ2n) is 2.74. The fourth-order valence-electron chi connectivity index (χ4n) is 1.06. The smallest absolute Gasteiger partial charge is 0.138 e. The second kappa shape index (κ2) is 5.53. The number of rotatable bonds is 4. The second-order valence-corrected chi connectivity index (χ2v) is 3.56. The minimum absolute atomic E-state index is 0.151. The molecule has 1 aromatic rings. The van der Waals surface area contributed by atoms with Crippen LogP contribution in [0.3, 0.4) is 0 Å². The third-order valence-electron chi connectivity index (χ3n) is 1.77. The lowest BCUT2D eigenvalue weighted by Gasteiger charge is -2.03. The first kappa shape index (κ1) is 10.9. The number of hydrogen-bond donors (Lipinski definition) is 1. The zero-order valence-corrected chi connectivity index (χ0v) is 8.67. The standard InChI is InChI=1S/C10H11NO2S/c1-13-5-4-8-2-3-9(12)10(6-8)14-7-11/h2-3,6,12H,4-5H2,1H3. The topological polar surface area (TPSA) is 53.2 Å². The lowest BCUT2D eigenvalue weighted by atomic mass is 10.1. The van der Waals surface area contributed by atoms with Gasteiger partial charge in [-0.2, -0.15) is 5.26 Å². The molecule has 14 heavy (non-hydrogen) atoms. The highest BCUT2D eigenvalue weighted by Crippen LogP contribution is 2.28. The molecule has 74 valence electrons. The Kier molecular flexibility index (Phi) is 4.30. The molecule has 0 aromatic heterocycles. The third-order valence-corrected chi connectivity index (χ3v) is 2.41. The molecule has 0 unspecified atom stereocenters. The number of nitrogens with zero attached hydrogens (tertiary/aromatic N) is 1. The van der Waals surface area contributed by atoms with Crippen LogP contribution in [0.1, 0.15) is 5.56 Å². The van der Waals surface area contributed by atoms with Gasteiger partial charge in [0.1, 0.15) is 11.2 Å². The predicted octanol–water partition coefficient (Wildman–Crippen LogP) is 2.15.